The molecule has 1 aromatic carbocycles. The number of aryl methyl sites for hydroxylation is 3. The Balaban J connectivity index is 2.52. The standard InChI is InChI=1S/C12H16BrN5/c1-7-4-5-9(8(2)6-7)10(15-14)11-12(13)16-17-18(11)3/h4-6,10,15H,14H2,1-3H3. The van der Waals surface area contributed by atoms with Gasteiger partial charge in [-0.15, -0.1) is 5.10 Å². The van der Waals surface area contributed by atoms with Crippen LogP contribution in [0.15, 0.2) is 22.8 Å². The van der Waals surface area contributed by atoms with Gasteiger partial charge >= 0.3 is 0 Å². The van der Waals surface area contributed by atoms with E-state index in [9.17, 15) is 0 Å². The summed E-state index contributed by atoms with van der Waals surface area (Å²) in [6, 6.07) is 6.15. The molecule has 0 amide bonds. The van der Waals surface area contributed by atoms with E-state index in [0.717, 1.165) is 11.3 Å². The Labute approximate surface area is 114 Å². The molecule has 0 aliphatic rings. The molecule has 5 nitrogen and oxygen atoms in total. The van der Waals surface area contributed by atoms with E-state index >= 15 is 0 Å². The second-order valence-corrected chi connectivity index (χ2v) is 5.10. The Morgan fingerprint density at radius 1 is 1.39 bits per heavy atom. The molecule has 0 spiro atoms. The number of nitrogens with two attached hydrogens (primary N) is 1. The quantitative estimate of drug-likeness (QED) is 0.669. The lowest BCUT2D eigenvalue weighted by molar-refractivity contribution is 0.567. The van der Waals surface area contributed by atoms with Gasteiger partial charge < -0.3 is 0 Å². The van der Waals surface area contributed by atoms with Gasteiger partial charge in [0.1, 0.15) is 0 Å². The average Bonchev–Trinajstić information content (AvgIpc) is 2.64. The SMILES string of the molecule is Cc1ccc(C(NN)c2c(Br)nnn2C)c(C)c1. The molecule has 3 N–H and O–H groups in total. The van der Waals surface area contributed by atoms with Gasteiger partial charge in [0.2, 0.25) is 0 Å². The van der Waals surface area contributed by atoms with Crippen LogP contribution in [-0.2, 0) is 7.05 Å². The minimum atomic E-state index is -0.139. The van der Waals surface area contributed by atoms with Gasteiger partial charge in [0.15, 0.2) is 4.60 Å². The molecule has 0 bridgehead atoms. The maximum Gasteiger partial charge on any atom is 0.153 e. The number of halogens is 1. The molecule has 0 aliphatic carbocycles. The highest BCUT2D eigenvalue weighted by Gasteiger charge is 2.22. The van der Waals surface area contributed by atoms with Crippen LogP contribution in [0.3, 0.4) is 0 Å². The molecular formula is C12H16BrN5. The lowest BCUT2D eigenvalue weighted by atomic mass is 9.98. The van der Waals surface area contributed by atoms with Gasteiger partial charge in [0.05, 0.1) is 11.7 Å². The molecule has 0 saturated heterocycles. The van der Waals surface area contributed by atoms with Crippen LogP contribution in [0.5, 0.6) is 0 Å². The van der Waals surface area contributed by atoms with Crippen molar-refractivity contribution in [1.29, 1.82) is 0 Å². The summed E-state index contributed by atoms with van der Waals surface area (Å²) in [6.45, 7) is 4.15. The fraction of sp³-hybridized carbons (Fsp3) is 0.333. The van der Waals surface area contributed by atoms with Crippen LogP contribution in [-0.4, -0.2) is 15.0 Å². The van der Waals surface area contributed by atoms with Crippen molar-refractivity contribution in [3.63, 3.8) is 0 Å². The molecule has 2 rings (SSSR count). The summed E-state index contributed by atoms with van der Waals surface area (Å²) in [7, 11) is 1.85. The highest BCUT2D eigenvalue weighted by atomic mass is 79.9. The summed E-state index contributed by atoms with van der Waals surface area (Å²) in [5, 5.41) is 7.97. The first-order chi connectivity index (χ1) is 8.54. The predicted octanol–water partition coefficient (Wildman–Crippen LogP) is 1.75. The van der Waals surface area contributed by atoms with E-state index in [-0.39, 0.29) is 6.04 Å². The van der Waals surface area contributed by atoms with Crippen LogP contribution in [0, 0.1) is 13.8 Å². The van der Waals surface area contributed by atoms with Gasteiger partial charge in [-0.25, -0.2) is 10.1 Å². The molecule has 1 unspecified atom stereocenters. The van der Waals surface area contributed by atoms with E-state index in [0.29, 0.717) is 4.60 Å². The molecule has 1 aromatic heterocycles. The van der Waals surface area contributed by atoms with Crippen LogP contribution < -0.4 is 11.3 Å². The van der Waals surface area contributed by atoms with E-state index < -0.39 is 0 Å². The van der Waals surface area contributed by atoms with Crippen molar-refractivity contribution >= 4 is 15.9 Å². The molecule has 0 saturated carbocycles. The number of benzene rings is 1. The summed E-state index contributed by atoms with van der Waals surface area (Å²) in [4.78, 5) is 0. The van der Waals surface area contributed by atoms with E-state index in [1.165, 1.54) is 11.1 Å². The highest BCUT2D eigenvalue weighted by molar-refractivity contribution is 9.10. The minimum Gasteiger partial charge on any atom is -0.271 e. The van der Waals surface area contributed by atoms with Gasteiger partial charge in [-0.1, -0.05) is 29.0 Å². The molecule has 6 heteroatoms. The minimum absolute atomic E-state index is 0.139. The zero-order valence-corrected chi connectivity index (χ0v) is 12.2. The maximum absolute atomic E-state index is 5.70. The normalized spacial score (nSPS) is 12.7. The van der Waals surface area contributed by atoms with E-state index in [1.54, 1.807) is 4.68 Å². The van der Waals surface area contributed by atoms with E-state index in [2.05, 4.69) is 63.7 Å². The topological polar surface area (TPSA) is 68.8 Å². The third-order valence-corrected chi connectivity index (χ3v) is 3.57. The fourth-order valence-electron chi connectivity index (χ4n) is 2.11. The van der Waals surface area contributed by atoms with Crippen molar-refractivity contribution in [3.8, 4) is 0 Å². The first-order valence-electron chi connectivity index (χ1n) is 5.63. The van der Waals surface area contributed by atoms with Crippen molar-refractivity contribution in [2.24, 2.45) is 12.9 Å². The number of nitrogens with one attached hydrogen (secondary N) is 1. The van der Waals surface area contributed by atoms with Crippen LogP contribution in [0.4, 0.5) is 0 Å². The summed E-state index contributed by atoms with van der Waals surface area (Å²) < 4.78 is 2.42. The first kappa shape index (κ1) is 13.2. The maximum atomic E-state index is 5.70. The van der Waals surface area contributed by atoms with Gasteiger partial charge in [-0.05, 0) is 40.9 Å². The van der Waals surface area contributed by atoms with Crippen molar-refractivity contribution in [1.82, 2.24) is 20.4 Å². The molecule has 1 heterocycles. The van der Waals surface area contributed by atoms with Crippen LogP contribution in [0.1, 0.15) is 28.4 Å². The Kier molecular flexibility index (Phi) is 3.79. The Bertz CT molecular complexity index is 544. The first-order valence-corrected chi connectivity index (χ1v) is 6.42. The lowest BCUT2D eigenvalue weighted by Crippen LogP contribution is -2.31. The molecule has 1 atom stereocenters. The second-order valence-electron chi connectivity index (χ2n) is 4.35. The molecule has 18 heavy (non-hydrogen) atoms. The van der Waals surface area contributed by atoms with Gasteiger partial charge in [0.25, 0.3) is 0 Å². The number of nitrogens with zero attached hydrogens (tertiary/aromatic N) is 3. The summed E-state index contributed by atoms with van der Waals surface area (Å²) in [5.74, 6) is 5.70. The Morgan fingerprint density at radius 2 is 2.11 bits per heavy atom. The predicted molar refractivity (Wildman–Crippen MR) is 73.8 cm³/mol. The van der Waals surface area contributed by atoms with Gasteiger partial charge in [-0.3, -0.25) is 5.84 Å². The largest absolute Gasteiger partial charge is 0.271 e. The van der Waals surface area contributed by atoms with Gasteiger partial charge in [0, 0.05) is 7.05 Å². The molecule has 96 valence electrons. The van der Waals surface area contributed by atoms with Crippen molar-refractivity contribution in [3.05, 3.63) is 45.2 Å². The van der Waals surface area contributed by atoms with Crippen molar-refractivity contribution < 1.29 is 0 Å². The Hall–Kier alpha value is -1.24. The summed E-state index contributed by atoms with van der Waals surface area (Å²) >= 11 is 3.40. The molecule has 2 aromatic rings. The average molecular weight is 310 g/mol. The zero-order valence-electron chi connectivity index (χ0n) is 10.6. The third-order valence-electron chi connectivity index (χ3n) is 3.00. The monoisotopic (exact) mass is 309 g/mol. The molecule has 0 aliphatic heterocycles. The third kappa shape index (κ3) is 2.31. The number of hydrazine groups is 1. The van der Waals surface area contributed by atoms with Crippen LogP contribution in [0.2, 0.25) is 0 Å². The molecular weight excluding hydrogens is 294 g/mol. The molecule has 0 fully saturated rings. The molecule has 0 radical (unpaired) electrons. The van der Waals surface area contributed by atoms with E-state index in [1.807, 2.05) is 7.05 Å². The lowest BCUT2D eigenvalue weighted by Gasteiger charge is -2.19. The number of aromatic nitrogens is 3. The number of hydrogen-bond acceptors (Lipinski definition) is 4. The van der Waals surface area contributed by atoms with Crippen molar-refractivity contribution in [2.75, 3.05) is 0 Å². The van der Waals surface area contributed by atoms with Crippen LogP contribution >= 0.6 is 15.9 Å². The van der Waals surface area contributed by atoms with Crippen LogP contribution in [0.25, 0.3) is 0 Å². The smallest absolute Gasteiger partial charge is 0.153 e. The number of rotatable bonds is 3. The fourth-order valence-corrected chi connectivity index (χ4v) is 2.67. The highest BCUT2D eigenvalue weighted by Crippen LogP contribution is 2.28. The second kappa shape index (κ2) is 5.17. The summed E-state index contributed by atoms with van der Waals surface area (Å²) in [6.07, 6.45) is 0. The summed E-state index contributed by atoms with van der Waals surface area (Å²) in [5.41, 5.74) is 7.28. The van der Waals surface area contributed by atoms with Gasteiger partial charge in [-0.2, -0.15) is 0 Å². The number of hydrogen-bond donors (Lipinski definition) is 2. The van der Waals surface area contributed by atoms with E-state index in [4.69, 9.17) is 5.84 Å². The Morgan fingerprint density at radius 3 is 2.61 bits per heavy atom. The van der Waals surface area contributed by atoms with Crippen molar-refractivity contribution in [2.45, 2.75) is 19.9 Å². The zero-order chi connectivity index (χ0) is 13.3.